The van der Waals surface area contributed by atoms with Crippen LogP contribution >= 0.6 is 0 Å². The molecule has 0 unspecified atom stereocenters. The van der Waals surface area contributed by atoms with E-state index in [9.17, 15) is 35.1 Å². The smallest absolute Gasteiger partial charge is 0.306 e. The minimum atomic E-state index is -0.993. The molecule has 0 fully saturated rings. The van der Waals surface area contributed by atoms with Gasteiger partial charge in [-0.2, -0.15) is 0 Å². The summed E-state index contributed by atoms with van der Waals surface area (Å²) in [5, 5.41) is 50.8. The lowest BCUT2D eigenvalue weighted by Gasteiger charge is -2.20. The van der Waals surface area contributed by atoms with Gasteiger partial charge in [0.15, 0.2) is 17.3 Å². The number of carbonyl (C=O) groups excluding carboxylic acids is 1. The molecule has 9 nitrogen and oxygen atoms in total. The molecule has 1 heterocycles. The fraction of sp³-hybridized carbons (Fsp3) is 0.120. The fourth-order valence-electron chi connectivity index (χ4n) is 3.86. The van der Waals surface area contributed by atoms with Crippen LogP contribution in [0.25, 0.3) is 22.3 Å². The van der Waals surface area contributed by atoms with Crippen molar-refractivity contribution in [2.45, 2.75) is 12.3 Å². The average molecular weight is 464 g/mol. The van der Waals surface area contributed by atoms with E-state index in [0.29, 0.717) is 5.56 Å². The number of benzene rings is 3. The Labute approximate surface area is 192 Å². The van der Waals surface area contributed by atoms with Crippen LogP contribution in [0.3, 0.4) is 0 Å². The highest BCUT2D eigenvalue weighted by molar-refractivity contribution is 5.92. The van der Waals surface area contributed by atoms with Crippen LogP contribution in [0.15, 0.2) is 63.8 Å². The molecule has 34 heavy (non-hydrogen) atoms. The molecule has 4 rings (SSSR count). The van der Waals surface area contributed by atoms with Gasteiger partial charge < -0.3 is 34.7 Å². The Morgan fingerprint density at radius 3 is 2.26 bits per heavy atom. The van der Waals surface area contributed by atoms with E-state index in [4.69, 9.17) is 9.15 Å². The summed E-state index contributed by atoms with van der Waals surface area (Å²) in [6.07, 6.45) is -0.228. The van der Waals surface area contributed by atoms with Gasteiger partial charge in [0.05, 0.1) is 13.5 Å². The summed E-state index contributed by atoms with van der Waals surface area (Å²) in [7, 11) is 1.22. The summed E-state index contributed by atoms with van der Waals surface area (Å²) in [5.74, 6) is -4.69. The first kappa shape index (κ1) is 22.5. The zero-order valence-electron chi connectivity index (χ0n) is 17.8. The quantitative estimate of drug-likeness (QED) is 0.219. The number of rotatable bonds is 5. The lowest BCUT2D eigenvalue weighted by molar-refractivity contribution is -0.140. The zero-order valence-corrected chi connectivity index (χ0v) is 17.8. The third-order valence-corrected chi connectivity index (χ3v) is 5.53. The van der Waals surface area contributed by atoms with Gasteiger partial charge in [-0.15, -0.1) is 0 Å². The van der Waals surface area contributed by atoms with Gasteiger partial charge in [-0.3, -0.25) is 9.59 Å². The molecular weight excluding hydrogens is 444 g/mol. The van der Waals surface area contributed by atoms with Crippen molar-refractivity contribution in [1.82, 2.24) is 0 Å². The van der Waals surface area contributed by atoms with E-state index in [-0.39, 0.29) is 28.9 Å². The first-order chi connectivity index (χ1) is 16.2. The largest absolute Gasteiger partial charge is 0.507 e. The van der Waals surface area contributed by atoms with Crippen LogP contribution < -0.4 is 5.43 Å². The summed E-state index contributed by atoms with van der Waals surface area (Å²) in [6, 6.07) is 13.1. The number of aromatic hydroxyl groups is 5. The average Bonchev–Trinajstić information content (AvgIpc) is 2.82. The molecule has 3 aromatic carbocycles. The van der Waals surface area contributed by atoms with Gasteiger partial charge in [0.2, 0.25) is 11.2 Å². The molecule has 0 bridgehead atoms. The predicted octanol–water partition coefficient (Wildman–Crippen LogP) is 3.68. The van der Waals surface area contributed by atoms with Crippen molar-refractivity contribution in [3.05, 3.63) is 75.9 Å². The van der Waals surface area contributed by atoms with Crippen molar-refractivity contribution in [3.63, 3.8) is 0 Å². The number of methoxy groups -OCH3 is 1. The second-order valence-electron chi connectivity index (χ2n) is 7.59. The first-order valence-corrected chi connectivity index (χ1v) is 10.1. The van der Waals surface area contributed by atoms with Crippen LogP contribution in [0.1, 0.15) is 23.5 Å². The summed E-state index contributed by atoms with van der Waals surface area (Å²) >= 11 is 0. The van der Waals surface area contributed by atoms with Crippen LogP contribution in [0.2, 0.25) is 0 Å². The van der Waals surface area contributed by atoms with Crippen molar-refractivity contribution in [3.8, 4) is 40.1 Å². The monoisotopic (exact) mass is 464 g/mol. The van der Waals surface area contributed by atoms with E-state index in [2.05, 4.69) is 0 Å². The lowest BCUT2D eigenvalue weighted by atomic mass is 9.86. The first-order valence-electron chi connectivity index (χ1n) is 10.1. The van der Waals surface area contributed by atoms with E-state index in [0.717, 1.165) is 18.2 Å². The number of carbonyl (C=O) groups is 1. The van der Waals surface area contributed by atoms with Crippen LogP contribution in [-0.2, 0) is 9.53 Å². The number of hydrogen-bond donors (Lipinski definition) is 5. The molecule has 5 N–H and O–H groups in total. The normalized spacial score (nSPS) is 11.9. The van der Waals surface area contributed by atoms with E-state index in [1.165, 1.54) is 13.2 Å². The van der Waals surface area contributed by atoms with Crippen LogP contribution in [0, 0.1) is 0 Å². The molecule has 0 aliphatic heterocycles. The van der Waals surface area contributed by atoms with Crippen molar-refractivity contribution >= 4 is 16.9 Å². The number of fused-ring (bicyclic) bond motifs is 1. The molecule has 0 radical (unpaired) electrons. The van der Waals surface area contributed by atoms with Gasteiger partial charge in [-0.05, 0) is 23.8 Å². The Morgan fingerprint density at radius 2 is 1.62 bits per heavy atom. The SMILES string of the molecule is COC(=O)C[C@H](c1ccccc1)c1c(O)cc(O)c2c(=O)c(O)c(-c3ccc(O)c(O)c3)oc12. The maximum atomic E-state index is 13.0. The number of phenolic OH excluding ortho intramolecular Hbond substituents is 4. The molecule has 4 aromatic rings. The van der Waals surface area contributed by atoms with Crippen molar-refractivity contribution < 1.29 is 39.5 Å². The van der Waals surface area contributed by atoms with Gasteiger partial charge in [0.1, 0.15) is 22.5 Å². The molecule has 0 spiro atoms. The molecule has 1 aromatic heterocycles. The molecule has 0 saturated carbocycles. The van der Waals surface area contributed by atoms with Crippen molar-refractivity contribution in [1.29, 1.82) is 0 Å². The van der Waals surface area contributed by atoms with Crippen LogP contribution in [0.4, 0.5) is 0 Å². The Balaban J connectivity index is 2.08. The third kappa shape index (κ3) is 3.83. The molecule has 1 atom stereocenters. The maximum absolute atomic E-state index is 13.0. The Bertz CT molecular complexity index is 1460. The summed E-state index contributed by atoms with van der Waals surface area (Å²) in [6.45, 7) is 0. The highest BCUT2D eigenvalue weighted by Gasteiger charge is 2.29. The highest BCUT2D eigenvalue weighted by atomic mass is 16.5. The fourth-order valence-corrected chi connectivity index (χ4v) is 3.86. The zero-order chi connectivity index (χ0) is 24.6. The Kier molecular flexibility index (Phi) is 5.77. The van der Waals surface area contributed by atoms with Gasteiger partial charge >= 0.3 is 5.97 Å². The van der Waals surface area contributed by atoms with Gasteiger partial charge in [0.25, 0.3) is 0 Å². The number of hydrogen-bond acceptors (Lipinski definition) is 9. The minimum absolute atomic E-state index is 0.0192. The number of ether oxygens (including phenoxy) is 1. The standard InChI is InChI=1S/C25H20O9/c1-33-19(30)10-14(12-5-3-2-4-6-12)20-17(28)11-18(29)21-22(31)23(32)24(34-25(20)21)13-7-8-15(26)16(27)9-13/h2-9,11,14,26-29,32H,10H2,1H3/t14-/m1/s1. The second kappa shape index (κ2) is 8.70. The molecule has 174 valence electrons. The highest BCUT2D eigenvalue weighted by Crippen LogP contribution is 2.44. The van der Waals surface area contributed by atoms with E-state index in [1.807, 2.05) is 0 Å². The van der Waals surface area contributed by atoms with Crippen LogP contribution in [-0.4, -0.2) is 38.6 Å². The Morgan fingerprint density at radius 1 is 0.912 bits per heavy atom. The van der Waals surface area contributed by atoms with E-state index < -0.39 is 51.4 Å². The Hall–Kier alpha value is -4.66. The second-order valence-corrected chi connectivity index (χ2v) is 7.59. The van der Waals surface area contributed by atoms with E-state index >= 15 is 0 Å². The maximum Gasteiger partial charge on any atom is 0.306 e. The number of phenols is 4. The van der Waals surface area contributed by atoms with Gasteiger partial charge in [0, 0.05) is 23.1 Å². The molecule has 0 aliphatic rings. The predicted molar refractivity (Wildman–Crippen MR) is 121 cm³/mol. The molecule has 0 aliphatic carbocycles. The van der Waals surface area contributed by atoms with Crippen molar-refractivity contribution in [2.24, 2.45) is 0 Å². The summed E-state index contributed by atoms with van der Waals surface area (Å²) in [4.78, 5) is 25.3. The number of esters is 1. The van der Waals surface area contributed by atoms with Crippen LogP contribution in [0.5, 0.6) is 28.7 Å². The molecular formula is C25H20O9. The summed E-state index contributed by atoms with van der Waals surface area (Å²) < 4.78 is 10.7. The van der Waals surface area contributed by atoms with Gasteiger partial charge in [-0.25, -0.2) is 0 Å². The molecule has 9 heteroatoms. The van der Waals surface area contributed by atoms with Crippen molar-refractivity contribution in [2.75, 3.05) is 7.11 Å². The van der Waals surface area contributed by atoms with Gasteiger partial charge in [-0.1, -0.05) is 30.3 Å². The third-order valence-electron chi connectivity index (χ3n) is 5.53. The van der Waals surface area contributed by atoms with E-state index in [1.54, 1.807) is 30.3 Å². The lowest BCUT2D eigenvalue weighted by Crippen LogP contribution is -2.12. The topological polar surface area (TPSA) is 158 Å². The molecule has 0 saturated heterocycles. The summed E-state index contributed by atoms with van der Waals surface area (Å²) in [5.41, 5.74) is -0.599. The molecule has 0 amide bonds. The minimum Gasteiger partial charge on any atom is -0.507 e.